The van der Waals surface area contributed by atoms with Crippen molar-refractivity contribution in [2.45, 2.75) is 52.9 Å². The van der Waals surface area contributed by atoms with Gasteiger partial charge in [-0.2, -0.15) is 0 Å². The van der Waals surface area contributed by atoms with Crippen LogP contribution in [0, 0.1) is 13.8 Å². The molecule has 0 aromatic heterocycles. The van der Waals surface area contributed by atoms with E-state index >= 15 is 0 Å². The van der Waals surface area contributed by atoms with E-state index in [1.54, 1.807) is 0 Å². The van der Waals surface area contributed by atoms with Gasteiger partial charge >= 0.3 is 0 Å². The van der Waals surface area contributed by atoms with Crippen LogP contribution in [-0.2, 0) is 5.41 Å². The van der Waals surface area contributed by atoms with Crippen LogP contribution in [0.25, 0.3) is 0 Å². The first-order valence-electron chi connectivity index (χ1n) is 7.67. The van der Waals surface area contributed by atoms with Crippen molar-refractivity contribution in [2.75, 3.05) is 5.73 Å². The third-order valence-electron chi connectivity index (χ3n) is 4.31. The fourth-order valence-corrected chi connectivity index (χ4v) is 2.82. The van der Waals surface area contributed by atoms with Crippen LogP contribution in [0.1, 0.15) is 61.4 Å². The van der Waals surface area contributed by atoms with E-state index in [9.17, 15) is 0 Å². The zero-order valence-corrected chi connectivity index (χ0v) is 14.1. The summed E-state index contributed by atoms with van der Waals surface area (Å²) in [4.78, 5) is 0. The van der Waals surface area contributed by atoms with Gasteiger partial charge in [0.15, 0.2) is 0 Å². The molecule has 0 saturated heterocycles. The predicted octanol–water partition coefficient (Wildman–Crippen LogP) is 5.33. The highest BCUT2D eigenvalue weighted by molar-refractivity contribution is 5.58. The highest BCUT2D eigenvalue weighted by atomic mass is 14.6. The van der Waals surface area contributed by atoms with Crippen molar-refractivity contribution in [3.63, 3.8) is 0 Å². The van der Waals surface area contributed by atoms with E-state index in [-0.39, 0.29) is 5.41 Å². The van der Waals surface area contributed by atoms with E-state index in [0.717, 1.165) is 5.69 Å². The van der Waals surface area contributed by atoms with Crippen molar-refractivity contribution in [3.8, 4) is 0 Å². The van der Waals surface area contributed by atoms with E-state index < -0.39 is 0 Å². The molecule has 112 valence electrons. The monoisotopic (exact) mass is 281 g/mol. The molecule has 1 nitrogen and oxygen atoms in total. The lowest BCUT2D eigenvalue weighted by molar-refractivity contribution is 0.590. The maximum atomic E-state index is 6.29. The van der Waals surface area contributed by atoms with Gasteiger partial charge in [0.1, 0.15) is 0 Å². The Hall–Kier alpha value is -1.76. The second kappa shape index (κ2) is 5.55. The zero-order valence-electron chi connectivity index (χ0n) is 14.1. The number of anilines is 1. The highest BCUT2D eigenvalue weighted by Crippen LogP contribution is 2.32. The normalized spacial score (nSPS) is 13.2. The van der Waals surface area contributed by atoms with Gasteiger partial charge in [0, 0.05) is 11.6 Å². The van der Waals surface area contributed by atoms with Crippen LogP contribution in [-0.4, -0.2) is 0 Å². The molecular formula is C20H27N. The largest absolute Gasteiger partial charge is 0.398 e. The van der Waals surface area contributed by atoms with Gasteiger partial charge in [0.05, 0.1) is 0 Å². The lowest BCUT2D eigenvalue weighted by Gasteiger charge is -2.21. The summed E-state index contributed by atoms with van der Waals surface area (Å²) in [5.74, 6) is 0.317. The Morgan fingerprint density at radius 3 is 2.05 bits per heavy atom. The van der Waals surface area contributed by atoms with Crippen molar-refractivity contribution in [1.29, 1.82) is 0 Å². The van der Waals surface area contributed by atoms with Crippen LogP contribution in [0.2, 0.25) is 0 Å². The molecule has 0 fully saturated rings. The van der Waals surface area contributed by atoms with Crippen molar-refractivity contribution in [2.24, 2.45) is 0 Å². The van der Waals surface area contributed by atoms with Crippen LogP contribution >= 0.6 is 0 Å². The zero-order chi connectivity index (χ0) is 15.8. The van der Waals surface area contributed by atoms with Gasteiger partial charge in [0.2, 0.25) is 0 Å². The molecule has 0 amide bonds. The molecule has 2 rings (SSSR count). The first kappa shape index (κ1) is 15.6. The lowest BCUT2D eigenvalue weighted by Crippen LogP contribution is -2.11. The average Bonchev–Trinajstić information content (AvgIpc) is 2.41. The summed E-state index contributed by atoms with van der Waals surface area (Å²) in [6.07, 6.45) is 0. The molecule has 0 aliphatic rings. The third kappa shape index (κ3) is 3.29. The summed E-state index contributed by atoms with van der Waals surface area (Å²) in [6, 6.07) is 13.3. The molecule has 2 aromatic rings. The molecule has 0 bridgehead atoms. The second-order valence-corrected chi connectivity index (χ2v) is 7.18. The Kier molecular flexibility index (Phi) is 4.13. The van der Waals surface area contributed by atoms with Gasteiger partial charge in [-0.25, -0.2) is 0 Å². The molecule has 1 atom stereocenters. The number of nitrogen functional groups attached to an aromatic ring is 1. The first-order valence-corrected chi connectivity index (χ1v) is 7.67. The first-order chi connectivity index (χ1) is 9.70. The summed E-state index contributed by atoms with van der Waals surface area (Å²) in [7, 11) is 0. The number of nitrogens with two attached hydrogens (primary N) is 1. The van der Waals surface area contributed by atoms with E-state index in [0.29, 0.717) is 5.92 Å². The summed E-state index contributed by atoms with van der Waals surface area (Å²) in [5.41, 5.74) is 13.8. The van der Waals surface area contributed by atoms with Gasteiger partial charge < -0.3 is 5.73 Å². The molecular weight excluding hydrogens is 254 g/mol. The minimum Gasteiger partial charge on any atom is -0.398 e. The van der Waals surface area contributed by atoms with Crippen LogP contribution in [0.4, 0.5) is 5.69 Å². The molecule has 2 N–H and O–H groups in total. The Labute approximate surface area is 129 Å². The average molecular weight is 281 g/mol. The van der Waals surface area contributed by atoms with Gasteiger partial charge in [-0.3, -0.25) is 0 Å². The van der Waals surface area contributed by atoms with Crippen molar-refractivity contribution in [3.05, 3.63) is 64.2 Å². The third-order valence-corrected chi connectivity index (χ3v) is 4.31. The smallest absolute Gasteiger partial charge is 0.0382 e. The van der Waals surface area contributed by atoms with Gasteiger partial charge in [-0.05, 0) is 41.5 Å². The molecule has 0 heterocycles. The number of hydrogen-bond donors (Lipinski definition) is 1. The maximum Gasteiger partial charge on any atom is 0.0382 e. The van der Waals surface area contributed by atoms with Crippen LogP contribution in [0.15, 0.2) is 36.4 Å². The summed E-state index contributed by atoms with van der Waals surface area (Å²) < 4.78 is 0. The lowest BCUT2D eigenvalue weighted by atomic mass is 9.84. The predicted molar refractivity (Wildman–Crippen MR) is 93.0 cm³/mol. The Morgan fingerprint density at radius 2 is 1.52 bits per heavy atom. The van der Waals surface area contributed by atoms with E-state index in [1.165, 1.54) is 27.8 Å². The number of aryl methyl sites for hydroxylation is 2. The number of rotatable bonds is 2. The van der Waals surface area contributed by atoms with E-state index in [4.69, 9.17) is 5.73 Å². The topological polar surface area (TPSA) is 26.0 Å². The molecule has 21 heavy (non-hydrogen) atoms. The Balaban J connectivity index is 2.39. The van der Waals surface area contributed by atoms with Gasteiger partial charge in [-0.15, -0.1) is 0 Å². The van der Waals surface area contributed by atoms with Crippen LogP contribution in [0.3, 0.4) is 0 Å². The Morgan fingerprint density at radius 1 is 0.952 bits per heavy atom. The summed E-state index contributed by atoms with van der Waals surface area (Å²) >= 11 is 0. The highest BCUT2D eigenvalue weighted by Gasteiger charge is 2.16. The van der Waals surface area contributed by atoms with E-state index in [2.05, 4.69) is 77.9 Å². The van der Waals surface area contributed by atoms with Crippen molar-refractivity contribution < 1.29 is 0 Å². The van der Waals surface area contributed by atoms with E-state index in [1.807, 2.05) is 0 Å². The number of benzene rings is 2. The van der Waals surface area contributed by atoms with Crippen molar-refractivity contribution >= 4 is 5.69 Å². The Bertz CT molecular complexity index is 630. The fraction of sp³-hybridized carbons (Fsp3) is 0.400. The fourth-order valence-electron chi connectivity index (χ4n) is 2.82. The van der Waals surface area contributed by atoms with Crippen molar-refractivity contribution in [1.82, 2.24) is 0 Å². The standard InChI is InChI=1S/C20H27N/c1-13-11-14(2)19(21)18(12-13)15(3)16-7-9-17(10-8-16)20(4,5)6/h7-12,15H,21H2,1-6H3/t15-/m0/s1. The molecule has 0 saturated carbocycles. The summed E-state index contributed by atoms with van der Waals surface area (Å²) in [5, 5.41) is 0. The second-order valence-electron chi connectivity index (χ2n) is 7.18. The molecule has 0 aliphatic heterocycles. The minimum atomic E-state index is 0.195. The molecule has 0 spiro atoms. The molecule has 1 heteroatoms. The molecule has 2 aromatic carbocycles. The molecule has 0 radical (unpaired) electrons. The number of hydrogen-bond acceptors (Lipinski definition) is 1. The van der Waals surface area contributed by atoms with Gasteiger partial charge in [-0.1, -0.05) is 69.7 Å². The summed E-state index contributed by atoms with van der Waals surface area (Å²) in [6.45, 7) is 13.2. The SMILES string of the molecule is Cc1cc(C)c(N)c([C@@H](C)c2ccc(C(C)(C)C)cc2)c1. The molecule has 0 unspecified atom stereocenters. The maximum absolute atomic E-state index is 6.29. The van der Waals surface area contributed by atoms with Gasteiger partial charge in [0.25, 0.3) is 0 Å². The van der Waals surface area contributed by atoms with Crippen LogP contribution in [0.5, 0.6) is 0 Å². The molecule has 0 aliphatic carbocycles. The van der Waals surface area contributed by atoms with Crippen LogP contribution < -0.4 is 5.73 Å². The quantitative estimate of drug-likeness (QED) is 0.739. The minimum absolute atomic E-state index is 0.195.